The Balaban J connectivity index is 1.50. The third-order valence-corrected chi connectivity index (χ3v) is 5.74. The molecule has 0 spiro atoms. The van der Waals surface area contributed by atoms with E-state index in [2.05, 4.69) is 50.5 Å². The number of hydrogen-bond acceptors (Lipinski definition) is 5. The van der Waals surface area contributed by atoms with E-state index in [0.717, 1.165) is 42.5 Å². The van der Waals surface area contributed by atoms with Crippen LogP contribution in [0.3, 0.4) is 0 Å². The molecule has 1 saturated heterocycles. The molecule has 27 heavy (non-hydrogen) atoms. The summed E-state index contributed by atoms with van der Waals surface area (Å²) in [5.74, 6) is 1.10. The Morgan fingerprint density at radius 2 is 1.93 bits per heavy atom. The average molecular weight is 365 g/mol. The second kappa shape index (κ2) is 7.27. The van der Waals surface area contributed by atoms with Crippen molar-refractivity contribution in [2.45, 2.75) is 45.2 Å². The maximum absolute atomic E-state index is 11.5. The second-order valence-corrected chi connectivity index (χ2v) is 7.77. The van der Waals surface area contributed by atoms with Crippen molar-refractivity contribution in [2.24, 2.45) is 11.7 Å². The van der Waals surface area contributed by atoms with E-state index in [1.807, 2.05) is 13.8 Å². The summed E-state index contributed by atoms with van der Waals surface area (Å²) in [4.78, 5) is 22.5. The minimum Gasteiger partial charge on any atom is -0.363 e. The lowest BCUT2D eigenvalue weighted by Gasteiger charge is -2.25. The highest BCUT2D eigenvalue weighted by Gasteiger charge is 2.35. The molecule has 142 valence electrons. The van der Waals surface area contributed by atoms with Crippen LogP contribution in [-0.2, 0) is 0 Å². The first kappa shape index (κ1) is 17.9. The number of rotatable bonds is 6. The number of nitrogens with one attached hydrogen (secondary N) is 1. The van der Waals surface area contributed by atoms with Gasteiger partial charge in [-0.3, -0.25) is 4.79 Å². The standard InChI is InChI=1S/C21H27N5O/c1-13-14(2)23-20(19(22)27)25-21(13)26-11-10-17(12-26)24-18(16-8-9-16)15-6-4-3-5-7-15/h3-7,16-18,24H,8-12H2,1-2H3,(H2,22,27)/t17-,18?/m1/s1. The molecule has 1 aromatic heterocycles. The predicted octanol–water partition coefficient (Wildman–Crippen LogP) is 2.51. The van der Waals surface area contributed by atoms with E-state index in [-0.39, 0.29) is 5.82 Å². The molecule has 4 rings (SSSR count). The van der Waals surface area contributed by atoms with Crippen molar-refractivity contribution in [3.05, 3.63) is 53.0 Å². The van der Waals surface area contributed by atoms with Crippen molar-refractivity contribution < 1.29 is 4.79 Å². The van der Waals surface area contributed by atoms with Gasteiger partial charge < -0.3 is 16.0 Å². The summed E-state index contributed by atoms with van der Waals surface area (Å²) in [6.45, 7) is 5.70. The summed E-state index contributed by atoms with van der Waals surface area (Å²) in [5.41, 5.74) is 8.61. The van der Waals surface area contributed by atoms with Crippen molar-refractivity contribution in [1.82, 2.24) is 15.3 Å². The molecule has 1 aliphatic heterocycles. The van der Waals surface area contributed by atoms with Crippen LogP contribution in [0, 0.1) is 19.8 Å². The topological polar surface area (TPSA) is 84.1 Å². The van der Waals surface area contributed by atoms with Gasteiger partial charge in [-0.15, -0.1) is 0 Å². The normalized spacial score (nSPS) is 20.7. The third-order valence-electron chi connectivity index (χ3n) is 5.74. The molecule has 3 N–H and O–H groups in total. The fourth-order valence-electron chi connectivity index (χ4n) is 3.97. The number of hydrogen-bond donors (Lipinski definition) is 2. The predicted molar refractivity (Wildman–Crippen MR) is 106 cm³/mol. The summed E-state index contributed by atoms with van der Waals surface area (Å²) in [6.07, 6.45) is 3.66. The van der Waals surface area contributed by atoms with Crippen LogP contribution in [0.1, 0.15) is 52.7 Å². The number of amides is 1. The van der Waals surface area contributed by atoms with Crippen LogP contribution in [0.4, 0.5) is 5.82 Å². The Labute approximate surface area is 160 Å². The first-order valence-electron chi connectivity index (χ1n) is 9.74. The van der Waals surface area contributed by atoms with Gasteiger partial charge in [0.1, 0.15) is 5.82 Å². The summed E-state index contributed by atoms with van der Waals surface area (Å²) < 4.78 is 0. The van der Waals surface area contributed by atoms with Crippen molar-refractivity contribution in [1.29, 1.82) is 0 Å². The first-order valence-corrected chi connectivity index (χ1v) is 9.74. The molecular formula is C21H27N5O. The average Bonchev–Trinajstić information content (AvgIpc) is 3.40. The Morgan fingerprint density at radius 1 is 1.19 bits per heavy atom. The summed E-state index contributed by atoms with van der Waals surface area (Å²) in [7, 11) is 0. The summed E-state index contributed by atoms with van der Waals surface area (Å²) >= 11 is 0. The fourth-order valence-corrected chi connectivity index (χ4v) is 3.97. The molecule has 6 nitrogen and oxygen atoms in total. The van der Waals surface area contributed by atoms with Crippen molar-refractivity contribution >= 4 is 11.7 Å². The molecule has 2 aromatic rings. The van der Waals surface area contributed by atoms with E-state index < -0.39 is 5.91 Å². The maximum atomic E-state index is 11.5. The lowest BCUT2D eigenvalue weighted by molar-refractivity contribution is 0.0990. The highest BCUT2D eigenvalue weighted by atomic mass is 16.1. The van der Waals surface area contributed by atoms with E-state index >= 15 is 0 Å². The number of nitrogens with zero attached hydrogens (tertiary/aromatic N) is 3. The largest absolute Gasteiger partial charge is 0.363 e. The van der Waals surface area contributed by atoms with Crippen LogP contribution >= 0.6 is 0 Å². The van der Waals surface area contributed by atoms with Crippen LogP contribution in [0.2, 0.25) is 0 Å². The zero-order chi connectivity index (χ0) is 19.0. The third kappa shape index (κ3) is 3.81. The second-order valence-electron chi connectivity index (χ2n) is 7.77. The molecule has 6 heteroatoms. The van der Waals surface area contributed by atoms with Gasteiger partial charge in [-0.25, -0.2) is 9.97 Å². The quantitative estimate of drug-likeness (QED) is 0.822. The number of nitrogens with two attached hydrogens (primary N) is 1. The number of aromatic nitrogens is 2. The van der Waals surface area contributed by atoms with Gasteiger partial charge in [0.25, 0.3) is 5.91 Å². The van der Waals surface area contributed by atoms with E-state index in [0.29, 0.717) is 12.1 Å². The van der Waals surface area contributed by atoms with Crippen molar-refractivity contribution in [3.63, 3.8) is 0 Å². The molecule has 0 bridgehead atoms. The van der Waals surface area contributed by atoms with E-state index in [9.17, 15) is 4.79 Å². The van der Waals surface area contributed by atoms with E-state index in [1.165, 1.54) is 18.4 Å². The molecule has 2 heterocycles. The van der Waals surface area contributed by atoms with Gasteiger partial charge >= 0.3 is 0 Å². The van der Waals surface area contributed by atoms with Gasteiger partial charge in [0, 0.05) is 36.4 Å². The van der Waals surface area contributed by atoms with Gasteiger partial charge in [-0.2, -0.15) is 0 Å². The van der Waals surface area contributed by atoms with Gasteiger partial charge in [0.15, 0.2) is 0 Å². The number of carbonyl (C=O) groups excluding carboxylic acids is 1. The fraction of sp³-hybridized carbons (Fsp3) is 0.476. The van der Waals surface area contributed by atoms with Crippen LogP contribution in [0.25, 0.3) is 0 Å². The zero-order valence-corrected chi connectivity index (χ0v) is 16.0. The van der Waals surface area contributed by atoms with Crippen molar-refractivity contribution in [3.8, 4) is 0 Å². The number of primary amides is 1. The Hall–Kier alpha value is -2.47. The van der Waals surface area contributed by atoms with Crippen LogP contribution in [-0.4, -0.2) is 35.0 Å². The monoisotopic (exact) mass is 365 g/mol. The molecule has 1 unspecified atom stereocenters. The molecule has 2 fully saturated rings. The van der Waals surface area contributed by atoms with Crippen molar-refractivity contribution in [2.75, 3.05) is 18.0 Å². The van der Waals surface area contributed by atoms with E-state index in [1.54, 1.807) is 0 Å². The number of anilines is 1. The Bertz CT molecular complexity index is 834. The van der Waals surface area contributed by atoms with Gasteiger partial charge in [0.2, 0.25) is 5.82 Å². The van der Waals surface area contributed by atoms with Gasteiger partial charge in [-0.1, -0.05) is 30.3 Å². The minimum absolute atomic E-state index is 0.102. The van der Waals surface area contributed by atoms with Crippen LogP contribution in [0.15, 0.2) is 30.3 Å². The SMILES string of the molecule is Cc1nc(C(N)=O)nc(N2CC[C@@H](NC(c3ccccc3)C3CC3)C2)c1C. The smallest absolute Gasteiger partial charge is 0.286 e. The summed E-state index contributed by atoms with van der Waals surface area (Å²) in [6, 6.07) is 11.6. The van der Waals surface area contributed by atoms with Crippen LogP contribution < -0.4 is 16.0 Å². The van der Waals surface area contributed by atoms with Crippen LogP contribution in [0.5, 0.6) is 0 Å². The maximum Gasteiger partial charge on any atom is 0.286 e. The Kier molecular flexibility index (Phi) is 4.83. The lowest BCUT2D eigenvalue weighted by atomic mass is 10.0. The lowest BCUT2D eigenvalue weighted by Crippen LogP contribution is -2.36. The van der Waals surface area contributed by atoms with Gasteiger partial charge in [0.05, 0.1) is 0 Å². The minimum atomic E-state index is -0.578. The number of aryl methyl sites for hydroxylation is 1. The number of carbonyl (C=O) groups is 1. The molecule has 1 aliphatic carbocycles. The zero-order valence-electron chi connectivity index (χ0n) is 16.0. The first-order chi connectivity index (χ1) is 13.0. The molecule has 2 atom stereocenters. The number of benzene rings is 1. The molecule has 2 aliphatic rings. The summed E-state index contributed by atoms with van der Waals surface area (Å²) in [5, 5.41) is 3.89. The van der Waals surface area contributed by atoms with E-state index in [4.69, 9.17) is 5.73 Å². The molecule has 1 amide bonds. The molecule has 0 radical (unpaired) electrons. The molecule has 1 aromatic carbocycles. The Morgan fingerprint density at radius 3 is 2.59 bits per heavy atom. The van der Waals surface area contributed by atoms with Gasteiger partial charge in [-0.05, 0) is 44.6 Å². The molecule has 1 saturated carbocycles. The highest BCUT2D eigenvalue weighted by molar-refractivity contribution is 5.89. The highest BCUT2D eigenvalue weighted by Crippen LogP contribution is 2.41. The molecular weight excluding hydrogens is 338 g/mol.